The van der Waals surface area contributed by atoms with Gasteiger partial charge >= 0.3 is 0 Å². The molecule has 28 heavy (non-hydrogen) atoms. The van der Waals surface area contributed by atoms with Crippen LogP contribution < -0.4 is 10.1 Å². The minimum atomic E-state index is -0.359. The Balaban J connectivity index is 1.61. The third kappa shape index (κ3) is 3.73. The molecule has 2 amide bonds. The zero-order valence-corrected chi connectivity index (χ0v) is 16.2. The van der Waals surface area contributed by atoms with E-state index in [0.717, 1.165) is 46.0 Å². The fraction of sp³-hybridized carbons (Fsp3) is 0.364. The molecule has 0 saturated carbocycles. The van der Waals surface area contributed by atoms with E-state index >= 15 is 0 Å². The van der Waals surface area contributed by atoms with Gasteiger partial charge in [0.05, 0.1) is 18.8 Å². The van der Waals surface area contributed by atoms with Crippen LogP contribution in [0.25, 0.3) is 21.7 Å². The van der Waals surface area contributed by atoms with Crippen molar-refractivity contribution in [1.29, 1.82) is 0 Å². The van der Waals surface area contributed by atoms with Gasteiger partial charge in [-0.1, -0.05) is 6.07 Å². The molecule has 0 unspecified atom stereocenters. The Hall–Kier alpha value is -2.86. The zero-order valence-electron chi connectivity index (χ0n) is 16.2. The third-order valence-corrected chi connectivity index (χ3v) is 5.17. The molecule has 6 nitrogen and oxygen atoms in total. The first-order valence-electron chi connectivity index (χ1n) is 9.57. The molecular weight excluding hydrogens is 356 g/mol. The van der Waals surface area contributed by atoms with Crippen molar-refractivity contribution in [2.45, 2.75) is 25.2 Å². The maximum absolute atomic E-state index is 12.3. The van der Waals surface area contributed by atoms with E-state index in [9.17, 15) is 9.59 Å². The Morgan fingerprint density at radius 2 is 2.04 bits per heavy atom. The Bertz CT molecular complexity index is 1040. The van der Waals surface area contributed by atoms with Crippen LogP contribution in [0, 0.1) is 0 Å². The van der Waals surface area contributed by atoms with Crippen molar-refractivity contribution >= 4 is 33.6 Å². The van der Waals surface area contributed by atoms with Crippen LogP contribution in [0.1, 0.15) is 30.7 Å². The van der Waals surface area contributed by atoms with Gasteiger partial charge in [0.15, 0.2) is 0 Å². The maximum Gasteiger partial charge on any atom is 0.234 e. The van der Waals surface area contributed by atoms with Gasteiger partial charge in [0.25, 0.3) is 0 Å². The Morgan fingerprint density at radius 3 is 2.82 bits per heavy atom. The molecule has 0 spiro atoms. The fourth-order valence-corrected chi connectivity index (χ4v) is 3.69. The smallest absolute Gasteiger partial charge is 0.234 e. The number of fused-ring (bicyclic) bond motifs is 2. The highest BCUT2D eigenvalue weighted by atomic mass is 16.5. The first kappa shape index (κ1) is 18.5. The predicted octanol–water partition coefficient (Wildman–Crippen LogP) is 3.44. The Labute approximate surface area is 163 Å². The van der Waals surface area contributed by atoms with Gasteiger partial charge in [0.1, 0.15) is 11.3 Å². The number of nitrogens with zero attached hydrogens (tertiary/aromatic N) is 1. The highest BCUT2D eigenvalue weighted by molar-refractivity contribution is 6.04. The molecule has 4 rings (SSSR count). The van der Waals surface area contributed by atoms with Crippen molar-refractivity contribution < 1.29 is 18.7 Å². The number of carbonyl (C=O) groups is 2. The molecule has 3 aromatic rings. The molecule has 0 bridgehead atoms. The Kier molecular flexibility index (Phi) is 5.05. The number of piperidine rings is 1. The molecule has 6 heteroatoms. The number of hydrogen-bond acceptors (Lipinski definition) is 5. The number of hydrogen-bond donors (Lipinski definition) is 1. The van der Waals surface area contributed by atoms with E-state index in [-0.39, 0.29) is 17.7 Å². The van der Waals surface area contributed by atoms with E-state index in [1.807, 2.05) is 44.4 Å². The molecule has 146 valence electrons. The molecule has 2 heterocycles. The second-order valence-electron chi connectivity index (χ2n) is 7.56. The summed E-state index contributed by atoms with van der Waals surface area (Å²) < 4.78 is 11.6. The number of rotatable bonds is 6. The van der Waals surface area contributed by atoms with E-state index in [2.05, 4.69) is 10.2 Å². The number of amides is 2. The van der Waals surface area contributed by atoms with Crippen molar-refractivity contribution in [3.05, 3.63) is 42.2 Å². The van der Waals surface area contributed by atoms with Crippen LogP contribution in [0.5, 0.6) is 5.75 Å². The predicted molar refractivity (Wildman–Crippen MR) is 108 cm³/mol. The van der Waals surface area contributed by atoms with Gasteiger partial charge in [-0.05, 0) is 62.0 Å². The number of imide groups is 1. The number of ether oxygens (including phenoxy) is 1. The lowest BCUT2D eigenvalue weighted by Gasteiger charge is -2.19. The monoisotopic (exact) mass is 380 g/mol. The van der Waals surface area contributed by atoms with Crippen molar-refractivity contribution in [2.24, 2.45) is 0 Å². The molecule has 1 aromatic heterocycles. The topological polar surface area (TPSA) is 71.8 Å². The molecule has 2 aromatic carbocycles. The summed E-state index contributed by atoms with van der Waals surface area (Å²) in [6.45, 7) is 1.65. The lowest BCUT2D eigenvalue weighted by molar-refractivity contribution is -0.134. The molecule has 0 aliphatic carbocycles. The third-order valence-electron chi connectivity index (χ3n) is 5.17. The lowest BCUT2D eigenvalue weighted by atomic mass is 9.90. The SMILES string of the molecule is CN(C)CCCOc1ccc2cc3occ([C@@H]4CCC(=O)NC4=O)c3cc2c1. The van der Waals surface area contributed by atoms with Crippen LogP contribution >= 0.6 is 0 Å². The summed E-state index contributed by atoms with van der Waals surface area (Å²) in [6, 6.07) is 10.0. The minimum absolute atomic E-state index is 0.212. The minimum Gasteiger partial charge on any atom is -0.494 e. The molecule has 1 aliphatic heterocycles. The van der Waals surface area contributed by atoms with Crippen LogP contribution in [-0.4, -0.2) is 44.0 Å². The van der Waals surface area contributed by atoms with Crippen molar-refractivity contribution in [3.63, 3.8) is 0 Å². The number of furan rings is 1. The average molecular weight is 380 g/mol. The lowest BCUT2D eigenvalue weighted by Crippen LogP contribution is -2.39. The van der Waals surface area contributed by atoms with Crippen LogP contribution in [0.3, 0.4) is 0 Å². The van der Waals surface area contributed by atoms with Gasteiger partial charge in [0.2, 0.25) is 11.8 Å². The number of carbonyl (C=O) groups excluding carboxylic acids is 2. The first-order chi connectivity index (χ1) is 13.5. The van der Waals surface area contributed by atoms with E-state index in [1.165, 1.54) is 0 Å². The summed E-state index contributed by atoms with van der Waals surface area (Å²) in [4.78, 5) is 25.8. The number of nitrogens with one attached hydrogen (secondary N) is 1. The van der Waals surface area contributed by atoms with Gasteiger partial charge in [-0.15, -0.1) is 0 Å². The quantitative estimate of drug-likeness (QED) is 0.524. The van der Waals surface area contributed by atoms with E-state index in [1.54, 1.807) is 6.26 Å². The van der Waals surface area contributed by atoms with E-state index in [0.29, 0.717) is 19.4 Å². The summed E-state index contributed by atoms with van der Waals surface area (Å²) in [6.07, 6.45) is 3.46. The molecule has 1 saturated heterocycles. The first-order valence-corrected chi connectivity index (χ1v) is 9.57. The van der Waals surface area contributed by atoms with Crippen LogP contribution in [0.2, 0.25) is 0 Å². The van der Waals surface area contributed by atoms with Gasteiger partial charge in [0, 0.05) is 23.9 Å². The maximum atomic E-state index is 12.3. The molecule has 1 atom stereocenters. The summed E-state index contributed by atoms with van der Waals surface area (Å²) in [7, 11) is 4.10. The highest BCUT2D eigenvalue weighted by Gasteiger charge is 2.30. The van der Waals surface area contributed by atoms with Gasteiger partial charge in [-0.3, -0.25) is 14.9 Å². The van der Waals surface area contributed by atoms with Crippen molar-refractivity contribution in [2.75, 3.05) is 27.2 Å². The molecule has 0 radical (unpaired) electrons. The zero-order chi connectivity index (χ0) is 19.7. The fourth-order valence-electron chi connectivity index (χ4n) is 3.69. The summed E-state index contributed by atoms with van der Waals surface area (Å²) in [5, 5.41) is 5.42. The van der Waals surface area contributed by atoms with Crippen molar-refractivity contribution in [1.82, 2.24) is 10.2 Å². The second-order valence-corrected chi connectivity index (χ2v) is 7.56. The van der Waals surface area contributed by atoms with Gasteiger partial charge in [-0.2, -0.15) is 0 Å². The largest absolute Gasteiger partial charge is 0.494 e. The van der Waals surface area contributed by atoms with Crippen molar-refractivity contribution in [3.8, 4) is 5.75 Å². The van der Waals surface area contributed by atoms with Crippen LogP contribution in [0.4, 0.5) is 0 Å². The Morgan fingerprint density at radius 1 is 1.18 bits per heavy atom. The normalized spacial score (nSPS) is 17.5. The van der Waals surface area contributed by atoms with Gasteiger partial charge in [-0.25, -0.2) is 0 Å². The molecule has 1 N–H and O–H groups in total. The number of benzene rings is 2. The molecule has 1 fully saturated rings. The van der Waals surface area contributed by atoms with Crippen LogP contribution in [0.15, 0.2) is 41.0 Å². The highest BCUT2D eigenvalue weighted by Crippen LogP contribution is 2.35. The van der Waals surface area contributed by atoms with E-state index in [4.69, 9.17) is 9.15 Å². The second kappa shape index (κ2) is 7.64. The molecular formula is C22H24N2O4. The summed E-state index contributed by atoms with van der Waals surface area (Å²) >= 11 is 0. The standard InChI is InChI=1S/C22H24N2O4/c1-24(2)8-3-9-27-16-5-4-14-12-20-18(11-15(14)10-16)19(13-28-20)17-6-7-21(25)23-22(17)26/h4-5,10-13,17H,3,6-9H2,1-2H3,(H,23,25,26)/t17-/m0/s1. The summed E-state index contributed by atoms with van der Waals surface area (Å²) in [5.41, 5.74) is 1.58. The summed E-state index contributed by atoms with van der Waals surface area (Å²) in [5.74, 6) is 0.00565. The molecule has 1 aliphatic rings. The van der Waals surface area contributed by atoms with E-state index < -0.39 is 0 Å². The average Bonchev–Trinajstić information content (AvgIpc) is 3.06. The van der Waals surface area contributed by atoms with Crippen LogP contribution in [-0.2, 0) is 9.59 Å². The van der Waals surface area contributed by atoms with Gasteiger partial charge < -0.3 is 14.1 Å².